The van der Waals surface area contributed by atoms with E-state index in [-0.39, 0.29) is 25.7 Å². The number of hydrogen-bond donors (Lipinski definition) is 3. The van der Waals surface area contributed by atoms with Gasteiger partial charge in [0, 0.05) is 25.7 Å². The zero-order valence-corrected chi connectivity index (χ0v) is 53.2. The molecule has 0 aromatic heterocycles. The van der Waals surface area contributed by atoms with E-state index in [4.69, 9.17) is 37.0 Å². The summed E-state index contributed by atoms with van der Waals surface area (Å²) in [6, 6.07) is 0. The second-order valence-electron chi connectivity index (χ2n) is 23.0. The lowest BCUT2D eigenvalue weighted by Gasteiger charge is -2.21. The van der Waals surface area contributed by atoms with E-state index in [2.05, 4.69) is 41.5 Å². The predicted octanol–water partition coefficient (Wildman–Crippen LogP) is 16.5. The Morgan fingerprint density at radius 1 is 0.338 bits per heavy atom. The second-order valence-corrected chi connectivity index (χ2v) is 25.9. The van der Waals surface area contributed by atoms with Crippen LogP contribution in [-0.2, 0) is 65.4 Å². The van der Waals surface area contributed by atoms with Crippen molar-refractivity contribution in [2.45, 2.75) is 317 Å². The fourth-order valence-electron chi connectivity index (χ4n) is 9.00. The van der Waals surface area contributed by atoms with Gasteiger partial charge in [0.05, 0.1) is 26.4 Å². The first-order valence-corrected chi connectivity index (χ1v) is 35.0. The molecule has 0 saturated carbocycles. The number of phosphoric ester groups is 2. The molecule has 0 aliphatic rings. The van der Waals surface area contributed by atoms with Crippen LogP contribution in [0, 0.1) is 11.8 Å². The van der Waals surface area contributed by atoms with Gasteiger partial charge in [0.2, 0.25) is 0 Å². The zero-order chi connectivity index (χ0) is 59.4. The van der Waals surface area contributed by atoms with Gasteiger partial charge in [0.1, 0.15) is 19.3 Å². The smallest absolute Gasteiger partial charge is 0.462 e. The van der Waals surface area contributed by atoms with Crippen LogP contribution in [0.25, 0.3) is 0 Å². The molecule has 0 aliphatic carbocycles. The fourth-order valence-corrected chi connectivity index (χ4v) is 10.6. The summed E-state index contributed by atoms with van der Waals surface area (Å²) in [4.78, 5) is 71.9. The number of aliphatic hydroxyl groups is 1. The Labute approximate surface area is 486 Å². The molecule has 0 fully saturated rings. The van der Waals surface area contributed by atoms with E-state index >= 15 is 0 Å². The van der Waals surface area contributed by atoms with Crippen molar-refractivity contribution in [3.05, 3.63) is 0 Å². The van der Waals surface area contributed by atoms with Gasteiger partial charge in [-0.05, 0) is 37.5 Å². The monoisotopic (exact) mass is 1180 g/mol. The molecule has 0 aliphatic heterocycles. The summed E-state index contributed by atoms with van der Waals surface area (Å²) >= 11 is 0. The van der Waals surface area contributed by atoms with E-state index in [1.165, 1.54) is 103 Å². The SMILES string of the molecule is CCCCCCCCCCCCCC(=O)OC[C@H](COP(=O)(O)OC[C@@H](O)COP(=O)(O)OC[C@@H](COC(=O)CCCCCCCCC)OC(=O)CCCCCCCCC(C)C)OC(=O)CCCCCCCCCCCCC(C)C. The van der Waals surface area contributed by atoms with Crippen molar-refractivity contribution in [3.8, 4) is 0 Å². The van der Waals surface area contributed by atoms with Gasteiger partial charge in [0.15, 0.2) is 12.2 Å². The number of hydrogen-bond acceptors (Lipinski definition) is 15. The lowest BCUT2D eigenvalue weighted by molar-refractivity contribution is -0.161. The summed E-state index contributed by atoms with van der Waals surface area (Å²) in [6.45, 7) is 9.32. The van der Waals surface area contributed by atoms with Gasteiger partial charge in [0.25, 0.3) is 0 Å². The number of rotatable bonds is 60. The van der Waals surface area contributed by atoms with Gasteiger partial charge in [-0.2, -0.15) is 0 Å². The number of ether oxygens (including phenoxy) is 4. The van der Waals surface area contributed by atoms with Gasteiger partial charge in [-0.15, -0.1) is 0 Å². The van der Waals surface area contributed by atoms with Crippen LogP contribution in [0.2, 0.25) is 0 Å². The molecule has 2 unspecified atom stereocenters. The predicted molar refractivity (Wildman–Crippen MR) is 317 cm³/mol. The highest BCUT2D eigenvalue weighted by Gasteiger charge is 2.30. The molecule has 474 valence electrons. The largest absolute Gasteiger partial charge is 0.472 e. The Morgan fingerprint density at radius 3 is 0.850 bits per heavy atom. The number of phosphoric acid groups is 2. The molecule has 0 amide bonds. The van der Waals surface area contributed by atoms with Crippen molar-refractivity contribution in [1.82, 2.24) is 0 Å². The summed E-state index contributed by atoms with van der Waals surface area (Å²) in [5, 5.41) is 10.5. The molecule has 0 bridgehead atoms. The summed E-state index contributed by atoms with van der Waals surface area (Å²) in [5.74, 6) is -0.724. The van der Waals surface area contributed by atoms with Crippen molar-refractivity contribution >= 4 is 39.5 Å². The Morgan fingerprint density at radius 2 is 0.575 bits per heavy atom. The van der Waals surface area contributed by atoms with Crippen LogP contribution in [0.1, 0.15) is 298 Å². The van der Waals surface area contributed by atoms with Gasteiger partial charge in [-0.25, -0.2) is 9.13 Å². The van der Waals surface area contributed by atoms with E-state index in [0.29, 0.717) is 31.6 Å². The number of aliphatic hydroxyl groups excluding tert-OH is 1. The standard InChI is InChI=1S/C61H118O17P2/c1-7-9-11-13-15-16-17-21-25-32-38-44-59(64)72-50-56(77-60(65)45-39-33-26-22-19-18-20-24-29-35-41-53(3)4)51-75-79(67,68)73-47-55(62)48-74-80(69,70)76-52-57(49-71-58(63)43-37-31-23-14-12-10-8-2)78-61(66)46-40-34-28-27-30-36-42-54(5)6/h53-57,62H,7-52H2,1-6H3,(H,67,68)(H,69,70)/t55-,56-,57-/m1/s1. The summed E-state index contributed by atoms with van der Waals surface area (Å²) in [6.07, 6.45) is 35.1. The topological polar surface area (TPSA) is 237 Å². The van der Waals surface area contributed by atoms with E-state index in [1.54, 1.807) is 0 Å². The average Bonchev–Trinajstić information content (AvgIpc) is 3.41. The third-order valence-electron chi connectivity index (χ3n) is 14.0. The van der Waals surface area contributed by atoms with Crippen LogP contribution in [0.5, 0.6) is 0 Å². The number of esters is 4. The third-order valence-corrected chi connectivity index (χ3v) is 15.9. The number of carbonyl (C=O) groups is 4. The molecule has 80 heavy (non-hydrogen) atoms. The van der Waals surface area contributed by atoms with Gasteiger partial charge in [-0.3, -0.25) is 37.3 Å². The molecule has 0 saturated heterocycles. The summed E-state index contributed by atoms with van der Waals surface area (Å²) in [7, 11) is -9.88. The highest BCUT2D eigenvalue weighted by atomic mass is 31.2. The minimum absolute atomic E-state index is 0.102. The molecule has 3 N–H and O–H groups in total. The maximum Gasteiger partial charge on any atom is 0.472 e. The lowest BCUT2D eigenvalue weighted by Crippen LogP contribution is -2.30. The van der Waals surface area contributed by atoms with Gasteiger partial charge in [-0.1, -0.05) is 247 Å². The first kappa shape index (κ1) is 78.1. The van der Waals surface area contributed by atoms with Crippen LogP contribution in [0.4, 0.5) is 0 Å². The molecule has 0 aromatic rings. The molecule has 0 aromatic carbocycles. The minimum atomic E-state index is -4.94. The second kappa shape index (κ2) is 53.8. The summed E-state index contributed by atoms with van der Waals surface area (Å²) < 4.78 is 67.7. The van der Waals surface area contributed by atoms with E-state index in [0.717, 1.165) is 109 Å². The van der Waals surface area contributed by atoms with Crippen molar-refractivity contribution in [1.29, 1.82) is 0 Å². The maximum absolute atomic E-state index is 12.9. The molecule has 0 spiro atoms. The average molecular weight is 1190 g/mol. The molecular formula is C61H118O17P2. The first-order valence-electron chi connectivity index (χ1n) is 32.0. The summed E-state index contributed by atoms with van der Waals surface area (Å²) in [5.41, 5.74) is 0. The van der Waals surface area contributed by atoms with Crippen molar-refractivity contribution < 1.29 is 80.2 Å². The van der Waals surface area contributed by atoms with E-state index < -0.39 is 97.5 Å². The molecule has 5 atom stereocenters. The Bertz CT molecular complexity index is 1580. The Hall–Kier alpha value is -1.94. The van der Waals surface area contributed by atoms with E-state index in [9.17, 15) is 43.2 Å². The quantitative estimate of drug-likeness (QED) is 0.0222. The zero-order valence-electron chi connectivity index (χ0n) is 51.4. The van der Waals surface area contributed by atoms with E-state index in [1.807, 2.05) is 0 Å². The van der Waals surface area contributed by atoms with Crippen molar-refractivity contribution in [2.75, 3.05) is 39.6 Å². The molecular weight excluding hydrogens is 1070 g/mol. The number of carbonyl (C=O) groups excluding carboxylic acids is 4. The number of unbranched alkanes of at least 4 members (excludes halogenated alkanes) is 30. The van der Waals surface area contributed by atoms with Crippen LogP contribution in [0.3, 0.4) is 0 Å². The van der Waals surface area contributed by atoms with Gasteiger partial charge < -0.3 is 33.8 Å². The van der Waals surface area contributed by atoms with Gasteiger partial charge >= 0.3 is 39.5 Å². The fraction of sp³-hybridized carbons (Fsp3) is 0.934. The normalized spacial score (nSPS) is 14.4. The molecule has 0 radical (unpaired) electrons. The molecule has 19 heteroatoms. The minimum Gasteiger partial charge on any atom is -0.462 e. The van der Waals surface area contributed by atoms with Crippen LogP contribution < -0.4 is 0 Å². The lowest BCUT2D eigenvalue weighted by atomic mass is 10.0. The molecule has 0 rings (SSSR count). The highest BCUT2D eigenvalue weighted by molar-refractivity contribution is 7.47. The highest BCUT2D eigenvalue weighted by Crippen LogP contribution is 2.45. The Balaban J connectivity index is 5.22. The molecule has 0 heterocycles. The van der Waals surface area contributed by atoms with Crippen LogP contribution in [-0.4, -0.2) is 96.7 Å². The van der Waals surface area contributed by atoms with Crippen molar-refractivity contribution in [2.24, 2.45) is 11.8 Å². The Kier molecular flexibility index (Phi) is 52.5. The maximum atomic E-state index is 12.9. The third kappa shape index (κ3) is 55.3. The molecule has 17 nitrogen and oxygen atoms in total. The van der Waals surface area contributed by atoms with Crippen LogP contribution in [0.15, 0.2) is 0 Å². The van der Waals surface area contributed by atoms with Crippen molar-refractivity contribution in [3.63, 3.8) is 0 Å². The first-order chi connectivity index (χ1) is 38.4. The van der Waals surface area contributed by atoms with Crippen LogP contribution >= 0.6 is 15.6 Å².